The predicted octanol–water partition coefficient (Wildman–Crippen LogP) is 4.55. The number of rotatable bonds is 2. The van der Waals surface area contributed by atoms with Gasteiger partial charge in [0.1, 0.15) is 5.65 Å². The molecule has 0 spiro atoms. The summed E-state index contributed by atoms with van der Waals surface area (Å²) >= 11 is 2.41. The number of nitrogens with zero attached hydrogens (tertiary/aromatic N) is 2. The summed E-state index contributed by atoms with van der Waals surface area (Å²) < 4.78 is 3.16. The summed E-state index contributed by atoms with van der Waals surface area (Å²) in [6.07, 6.45) is 2.16. The fourth-order valence-electron chi connectivity index (χ4n) is 2.27. The van der Waals surface area contributed by atoms with E-state index in [0.717, 1.165) is 15.8 Å². The van der Waals surface area contributed by atoms with Crippen LogP contribution in [0.2, 0.25) is 0 Å². The van der Waals surface area contributed by atoms with Crippen molar-refractivity contribution in [2.24, 2.45) is 0 Å². The molecule has 2 aromatic heterocycles. The number of aryl methyl sites for hydroxylation is 2. The molecule has 0 amide bonds. The van der Waals surface area contributed by atoms with E-state index in [0.29, 0.717) is 0 Å². The third-order valence-corrected chi connectivity index (χ3v) is 4.04. The summed E-state index contributed by atoms with van der Waals surface area (Å²) in [6.45, 7) is 4.22. The van der Waals surface area contributed by atoms with Gasteiger partial charge in [0.15, 0.2) is 0 Å². The molecule has 0 saturated heterocycles. The third-order valence-electron chi connectivity index (χ3n) is 3.32. The monoisotopic (exact) mass is 362 g/mol. The van der Waals surface area contributed by atoms with E-state index in [9.17, 15) is 0 Å². The minimum absolute atomic E-state index is 0.950. The highest BCUT2D eigenvalue weighted by Crippen LogP contribution is 2.26. The molecule has 0 radical (unpaired) electrons. The maximum absolute atomic E-state index is 4.78. The van der Waals surface area contributed by atoms with Crippen LogP contribution in [0.4, 0.5) is 0 Å². The van der Waals surface area contributed by atoms with Crippen molar-refractivity contribution in [3.8, 4) is 11.3 Å². The highest BCUT2D eigenvalue weighted by molar-refractivity contribution is 14.1. The van der Waals surface area contributed by atoms with Crippen molar-refractivity contribution in [1.82, 2.24) is 9.38 Å². The summed E-state index contributed by atoms with van der Waals surface area (Å²) in [7, 11) is 0. The van der Waals surface area contributed by atoms with Gasteiger partial charge in [-0.3, -0.25) is 0 Å². The van der Waals surface area contributed by atoms with Crippen LogP contribution in [0, 0.1) is 13.8 Å². The highest BCUT2D eigenvalue weighted by Gasteiger charge is 2.12. The molecule has 0 atom stereocenters. The van der Waals surface area contributed by atoms with Gasteiger partial charge in [-0.15, -0.1) is 0 Å². The van der Waals surface area contributed by atoms with Crippen molar-refractivity contribution >= 4 is 28.2 Å². The lowest BCUT2D eigenvalue weighted by atomic mass is 10.1. The quantitative estimate of drug-likeness (QED) is 0.483. The minimum Gasteiger partial charge on any atom is -0.302 e. The number of fused-ring (bicyclic) bond motifs is 1. The fourth-order valence-corrected chi connectivity index (χ4v) is 3.00. The largest absolute Gasteiger partial charge is 0.302 e. The predicted molar refractivity (Wildman–Crippen MR) is 87.8 cm³/mol. The topological polar surface area (TPSA) is 17.3 Å². The van der Waals surface area contributed by atoms with Crippen molar-refractivity contribution in [2.45, 2.75) is 18.3 Å². The summed E-state index contributed by atoms with van der Waals surface area (Å²) in [5, 5.41) is 0. The maximum Gasteiger partial charge on any atom is 0.137 e. The SMILES string of the molecule is Cc1ccc(-c2nc3ccc(C)cn3c2CI)cc1. The van der Waals surface area contributed by atoms with Crippen LogP contribution in [0.25, 0.3) is 16.9 Å². The van der Waals surface area contributed by atoms with Gasteiger partial charge in [-0.1, -0.05) is 58.5 Å². The van der Waals surface area contributed by atoms with E-state index in [-0.39, 0.29) is 0 Å². The molecule has 0 aliphatic carbocycles. The Morgan fingerprint density at radius 1 is 1.00 bits per heavy atom. The van der Waals surface area contributed by atoms with Crippen LogP contribution in [0.5, 0.6) is 0 Å². The Balaban J connectivity index is 2.25. The fraction of sp³-hybridized carbons (Fsp3) is 0.188. The molecular formula is C16H15IN2. The van der Waals surface area contributed by atoms with Gasteiger partial charge in [-0.05, 0) is 25.5 Å². The van der Waals surface area contributed by atoms with Crippen LogP contribution in [0.3, 0.4) is 0 Å². The summed E-state index contributed by atoms with van der Waals surface area (Å²) in [6, 6.07) is 12.8. The van der Waals surface area contributed by atoms with Gasteiger partial charge in [0.05, 0.1) is 11.4 Å². The van der Waals surface area contributed by atoms with Gasteiger partial charge in [0.2, 0.25) is 0 Å². The van der Waals surface area contributed by atoms with Crippen LogP contribution < -0.4 is 0 Å². The molecule has 0 N–H and O–H groups in total. The Morgan fingerprint density at radius 3 is 2.37 bits per heavy atom. The molecule has 1 aromatic carbocycles. The minimum atomic E-state index is 0.950. The lowest BCUT2D eigenvalue weighted by molar-refractivity contribution is 1.09. The number of pyridine rings is 1. The number of imidazole rings is 1. The van der Waals surface area contributed by atoms with Gasteiger partial charge < -0.3 is 4.40 Å². The first-order chi connectivity index (χ1) is 9.19. The number of hydrogen-bond acceptors (Lipinski definition) is 1. The Morgan fingerprint density at radius 2 is 1.68 bits per heavy atom. The van der Waals surface area contributed by atoms with Crippen molar-refractivity contribution < 1.29 is 0 Å². The zero-order valence-corrected chi connectivity index (χ0v) is 13.2. The molecule has 3 heteroatoms. The third kappa shape index (κ3) is 2.27. The lowest BCUT2D eigenvalue weighted by Gasteiger charge is -2.03. The molecule has 0 fully saturated rings. The summed E-state index contributed by atoms with van der Waals surface area (Å²) in [5.41, 5.74) is 7.11. The number of alkyl halides is 1. The van der Waals surface area contributed by atoms with Gasteiger partial charge in [0, 0.05) is 16.2 Å². The second kappa shape index (κ2) is 4.96. The smallest absolute Gasteiger partial charge is 0.137 e. The maximum atomic E-state index is 4.78. The molecule has 3 rings (SSSR count). The number of benzene rings is 1. The van der Waals surface area contributed by atoms with Crippen molar-refractivity contribution in [2.75, 3.05) is 0 Å². The van der Waals surface area contributed by atoms with E-state index in [4.69, 9.17) is 4.98 Å². The van der Waals surface area contributed by atoms with Gasteiger partial charge >= 0.3 is 0 Å². The Kier molecular flexibility index (Phi) is 3.31. The van der Waals surface area contributed by atoms with Crippen LogP contribution in [-0.4, -0.2) is 9.38 Å². The Hall–Kier alpha value is -1.36. The van der Waals surface area contributed by atoms with Crippen LogP contribution in [0.1, 0.15) is 16.8 Å². The molecule has 2 heterocycles. The molecule has 0 unspecified atom stereocenters. The van der Waals surface area contributed by atoms with E-state index in [1.54, 1.807) is 0 Å². The van der Waals surface area contributed by atoms with Crippen LogP contribution in [0.15, 0.2) is 42.6 Å². The molecule has 0 bridgehead atoms. The molecular weight excluding hydrogens is 347 g/mol. The van der Waals surface area contributed by atoms with Gasteiger partial charge in [-0.25, -0.2) is 4.98 Å². The molecule has 19 heavy (non-hydrogen) atoms. The Bertz CT molecular complexity index is 726. The zero-order valence-electron chi connectivity index (χ0n) is 11.0. The first-order valence-corrected chi connectivity index (χ1v) is 7.82. The molecule has 3 aromatic rings. The average molecular weight is 362 g/mol. The molecule has 0 aliphatic heterocycles. The molecule has 0 saturated carbocycles. The van der Waals surface area contributed by atoms with E-state index in [2.05, 4.69) is 83.4 Å². The van der Waals surface area contributed by atoms with E-state index in [1.165, 1.54) is 22.4 Å². The number of halogens is 1. The van der Waals surface area contributed by atoms with Crippen molar-refractivity contribution in [3.05, 3.63) is 59.4 Å². The molecule has 0 aliphatic rings. The second-order valence-electron chi connectivity index (χ2n) is 4.84. The first-order valence-electron chi connectivity index (χ1n) is 6.29. The first kappa shape index (κ1) is 12.7. The summed E-state index contributed by atoms with van der Waals surface area (Å²) in [4.78, 5) is 4.78. The van der Waals surface area contributed by atoms with Gasteiger partial charge in [0.25, 0.3) is 0 Å². The Labute approximate surface area is 126 Å². The second-order valence-corrected chi connectivity index (χ2v) is 5.60. The zero-order chi connectivity index (χ0) is 13.4. The van der Waals surface area contributed by atoms with E-state index in [1.807, 2.05) is 0 Å². The standard InChI is InChI=1S/C16H15IN2/c1-11-3-6-13(7-4-11)16-14(9-17)19-10-12(2)5-8-15(19)18-16/h3-8,10H,9H2,1-2H3. The van der Waals surface area contributed by atoms with Gasteiger partial charge in [-0.2, -0.15) is 0 Å². The average Bonchev–Trinajstić information content (AvgIpc) is 2.77. The van der Waals surface area contributed by atoms with Crippen LogP contribution in [-0.2, 0) is 4.43 Å². The van der Waals surface area contributed by atoms with Crippen molar-refractivity contribution in [1.29, 1.82) is 0 Å². The normalized spacial score (nSPS) is 11.1. The molecule has 96 valence electrons. The number of aromatic nitrogens is 2. The van der Waals surface area contributed by atoms with Crippen LogP contribution >= 0.6 is 22.6 Å². The van der Waals surface area contributed by atoms with E-state index >= 15 is 0 Å². The summed E-state index contributed by atoms with van der Waals surface area (Å²) in [5.74, 6) is 0. The lowest BCUT2D eigenvalue weighted by Crippen LogP contribution is -1.91. The van der Waals surface area contributed by atoms with E-state index < -0.39 is 0 Å². The van der Waals surface area contributed by atoms with Crippen molar-refractivity contribution in [3.63, 3.8) is 0 Å². The molecule has 2 nitrogen and oxygen atoms in total. The highest BCUT2D eigenvalue weighted by atomic mass is 127. The number of hydrogen-bond donors (Lipinski definition) is 0.